The first kappa shape index (κ1) is 14.5. The van der Waals surface area contributed by atoms with Crippen LogP contribution >= 0.6 is 0 Å². The molecule has 1 atom stereocenters. The zero-order valence-electron chi connectivity index (χ0n) is 11.4. The minimum atomic E-state index is -0.450. The highest BCUT2D eigenvalue weighted by atomic mass is 19.1. The topological polar surface area (TPSA) is 55.1 Å². The predicted molar refractivity (Wildman–Crippen MR) is 72.7 cm³/mol. The van der Waals surface area contributed by atoms with Gasteiger partial charge in [-0.05, 0) is 29.5 Å². The molecular weight excluding hydrogens is 231 g/mol. The molecule has 0 bridgehead atoms. The molecule has 3 nitrogen and oxygen atoms in total. The zero-order valence-corrected chi connectivity index (χ0v) is 11.4. The Balaban J connectivity index is 2.65. The number of hydrogen-bond acceptors (Lipinski definition) is 2. The molecule has 0 saturated heterocycles. The summed E-state index contributed by atoms with van der Waals surface area (Å²) in [5, 5.41) is 2.67. The summed E-state index contributed by atoms with van der Waals surface area (Å²) >= 11 is 0. The molecule has 1 aromatic carbocycles. The summed E-state index contributed by atoms with van der Waals surface area (Å²) in [6, 6.07) is 4.02. The van der Waals surface area contributed by atoms with Gasteiger partial charge >= 0.3 is 0 Å². The molecule has 1 unspecified atom stereocenters. The summed E-state index contributed by atoms with van der Waals surface area (Å²) < 4.78 is 13.1. The third-order valence-corrected chi connectivity index (χ3v) is 3.17. The van der Waals surface area contributed by atoms with Crippen LogP contribution in [-0.4, -0.2) is 5.91 Å². The largest absolute Gasteiger partial charge is 0.399 e. The number of nitrogens with two attached hydrogens (primary N) is 1. The average molecular weight is 252 g/mol. The minimum Gasteiger partial charge on any atom is -0.399 e. The van der Waals surface area contributed by atoms with Gasteiger partial charge in [-0.2, -0.15) is 0 Å². The highest BCUT2D eigenvalue weighted by Gasteiger charge is 2.22. The van der Waals surface area contributed by atoms with Crippen LogP contribution in [0.5, 0.6) is 0 Å². The smallest absolute Gasteiger partial charge is 0.224 e. The van der Waals surface area contributed by atoms with Crippen molar-refractivity contribution in [2.24, 2.45) is 11.3 Å². The second-order valence-electron chi connectivity index (χ2n) is 5.79. The van der Waals surface area contributed by atoms with Gasteiger partial charge in [-0.25, -0.2) is 4.39 Å². The van der Waals surface area contributed by atoms with E-state index >= 15 is 0 Å². The van der Waals surface area contributed by atoms with Gasteiger partial charge in [-0.3, -0.25) is 4.79 Å². The maximum atomic E-state index is 13.1. The first-order valence-electron chi connectivity index (χ1n) is 6.04. The molecular formula is C14H21FN2O. The van der Waals surface area contributed by atoms with Gasteiger partial charge in [0.2, 0.25) is 5.91 Å². The van der Waals surface area contributed by atoms with Crippen LogP contribution in [0.3, 0.4) is 0 Å². The van der Waals surface area contributed by atoms with Crippen molar-refractivity contribution < 1.29 is 9.18 Å². The van der Waals surface area contributed by atoms with Gasteiger partial charge in [-0.1, -0.05) is 27.7 Å². The highest BCUT2D eigenvalue weighted by Crippen LogP contribution is 2.28. The fourth-order valence-electron chi connectivity index (χ4n) is 1.48. The van der Waals surface area contributed by atoms with Crippen molar-refractivity contribution in [2.75, 3.05) is 11.1 Å². The standard InChI is InChI=1S/C14H21FN2O/c1-9(14(2,3)4)5-13(18)17-12-7-10(15)6-11(16)8-12/h6-9H,5,16H2,1-4H3,(H,17,18). The Morgan fingerprint density at radius 1 is 1.39 bits per heavy atom. The van der Waals surface area contributed by atoms with Crippen LogP contribution < -0.4 is 11.1 Å². The van der Waals surface area contributed by atoms with Crippen LogP contribution in [0.2, 0.25) is 0 Å². The van der Waals surface area contributed by atoms with E-state index < -0.39 is 5.82 Å². The predicted octanol–water partition coefficient (Wildman–Crippen LogP) is 3.42. The number of nitrogen functional groups attached to an aromatic ring is 1. The van der Waals surface area contributed by atoms with E-state index in [1.165, 1.54) is 12.1 Å². The minimum absolute atomic E-state index is 0.0678. The Morgan fingerprint density at radius 3 is 2.50 bits per heavy atom. The van der Waals surface area contributed by atoms with Gasteiger partial charge in [0.25, 0.3) is 0 Å². The Morgan fingerprint density at radius 2 is 2.00 bits per heavy atom. The molecule has 0 saturated carbocycles. The van der Waals surface area contributed by atoms with E-state index in [0.717, 1.165) is 0 Å². The molecule has 0 aliphatic carbocycles. The number of benzene rings is 1. The number of rotatable bonds is 3. The third kappa shape index (κ3) is 4.35. The highest BCUT2D eigenvalue weighted by molar-refractivity contribution is 5.91. The number of carbonyl (C=O) groups excluding carboxylic acids is 1. The summed E-state index contributed by atoms with van der Waals surface area (Å²) in [7, 11) is 0. The Kier molecular flexibility index (Phi) is 4.33. The molecule has 4 heteroatoms. The fourth-order valence-corrected chi connectivity index (χ4v) is 1.48. The van der Waals surface area contributed by atoms with E-state index in [2.05, 4.69) is 26.1 Å². The van der Waals surface area contributed by atoms with Gasteiger partial charge in [0, 0.05) is 17.8 Å². The van der Waals surface area contributed by atoms with E-state index in [1.807, 2.05) is 6.92 Å². The van der Waals surface area contributed by atoms with Gasteiger partial charge in [0.05, 0.1) is 0 Å². The number of nitrogens with one attached hydrogen (secondary N) is 1. The lowest BCUT2D eigenvalue weighted by Crippen LogP contribution is -2.24. The SMILES string of the molecule is CC(CC(=O)Nc1cc(N)cc(F)c1)C(C)(C)C. The molecule has 0 radical (unpaired) electrons. The van der Waals surface area contributed by atoms with Crippen molar-refractivity contribution in [3.8, 4) is 0 Å². The Labute approximate surface area is 108 Å². The molecule has 0 fully saturated rings. The van der Waals surface area contributed by atoms with Gasteiger partial charge in [0.15, 0.2) is 0 Å². The van der Waals surface area contributed by atoms with Gasteiger partial charge in [0.1, 0.15) is 5.82 Å². The van der Waals surface area contributed by atoms with Crippen LogP contribution in [0.1, 0.15) is 34.1 Å². The number of hydrogen-bond donors (Lipinski definition) is 2. The quantitative estimate of drug-likeness (QED) is 0.810. The maximum absolute atomic E-state index is 13.1. The molecule has 100 valence electrons. The molecule has 3 N–H and O–H groups in total. The van der Waals surface area contributed by atoms with Crippen LogP contribution in [0, 0.1) is 17.2 Å². The summed E-state index contributed by atoms with van der Waals surface area (Å²) in [5.74, 6) is -0.333. The first-order chi connectivity index (χ1) is 8.18. The van der Waals surface area contributed by atoms with Crippen molar-refractivity contribution in [1.29, 1.82) is 0 Å². The van der Waals surface area contributed by atoms with E-state index in [0.29, 0.717) is 17.8 Å². The number of halogens is 1. The summed E-state index contributed by atoms with van der Waals surface area (Å²) in [6.45, 7) is 8.29. The molecule has 0 spiro atoms. The summed E-state index contributed by atoms with van der Waals surface area (Å²) in [6.07, 6.45) is 0.403. The lowest BCUT2D eigenvalue weighted by Gasteiger charge is -2.26. The van der Waals surface area contributed by atoms with Crippen LogP contribution in [0.4, 0.5) is 15.8 Å². The van der Waals surface area contributed by atoms with Gasteiger partial charge in [-0.15, -0.1) is 0 Å². The molecule has 0 aromatic heterocycles. The number of amides is 1. The first-order valence-corrected chi connectivity index (χ1v) is 6.04. The second-order valence-corrected chi connectivity index (χ2v) is 5.79. The van der Waals surface area contributed by atoms with Crippen molar-refractivity contribution in [2.45, 2.75) is 34.1 Å². The molecule has 18 heavy (non-hydrogen) atoms. The molecule has 1 rings (SSSR count). The van der Waals surface area contributed by atoms with Gasteiger partial charge < -0.3 is 11.1 Å². The maximum Gasteiger partial charge on any atom is 0.224 e. The van der Waals surface area contributed by atoms with E-state index in [1.54, 1.807) is 6.07 Å². The molecule has 0 aliphatic heterocycles. The Hall–Kier alpha value is -1.58. The van der Waals surface area contributed by atoms with E-state index in [9.17, 15) is 9.18 Å². The van der Waals surface area contributed by atoms with E-state index in [-0.39, 0.29) is 17.2 Å². The van der Waals surface area contributed by atoms with Crippen molar-refractivity contribution in [1.82, 2.24) is 0 Å². The molecule has 1 aromatic rings. The van der Waals surface area contributed by atoms with Crippen LogP contribution in [-0.2, 0) is 4.79 Å². The Bertz CT molecular complexity index is 418. The average Bonchev–Trinajstić information content (AvgIpc) is 2.13. The summed E-state index contributed by atoms with van der Waals surface area (Å²) in [4.78, 5) is 11.8. The monoisotopic (exact) mass is 252 g/mol. The van der Waals surface area contributed by atoms with Crippen molar-refractivity contribution in [3.05, 3.63) is 24.0 Å². The van der Waals surface area contributed by atoms with E-state index in [4.69, 9.17) is 5.73 Å². The van der Waals surface area contributed by atoms with Crippen molar-refractivity contribution in [3.63, 3.8) is 0 Å². The number of anilines is 2. The molecule has 0 heterocycles. The van der Waals surface area contributed by atoms with Crippen LogP contribution in [0.15, 0.2) is 18.2 Å². The second kappa shape index (κ2) is 5.38. The lowest BCUT2D eigenvalue weighted by atomic mass is 9.80. The number of carbonyl (C=O) groups is 1. The van der Waals surface area contributed by atoms with Crippen LogP contribution in [0.25, 0.3) is 0 Å². The lowest BCUT2D eigenvalue weighted by molar-refractivity contribution is -0.117. The fraction of sp³-hybridized carbons (Fsp3) is 0.500. The zero-order chi connectivity index (χ0) is 13.9. The summed E-state index contributed by atoms with van der Waals surface area (Å²) in [5.41, 5.74) is 6.28. The normalized spacial score (nSPS) is 13.2. The molecule has 0 aliphatic rings. The molecule has 1 amide bonds. The third-order valence-electron chi connectivity index (χ3n) is 3.17. The van der Waals surface area contributed by atoms with Crippen molar-refractivity contribution >= 4 is 17.3 Å².